The van der Waals surface area contributed by atoms with Crippen molar-refractivity contribution >= 4 is 28.7 Å². The Bertz CT molecular complexity index is 1130. The van der Waals surface area contributed by atoms with Crippen LogP contribution in [-0.4, -0.2) is 23.3 Å². The molecular formula is C23H21NO5. The first-order chi connectivity index (χ1) is 14.0. The van der Waals surface area contributed by atoms with E-state index in [9.17, 15) is 14.4 Å². The molecule has 0 bridgehead atoms. The monoisotopic (exact) mass is 391 g/mol. The number of aromatic amines is 1. The first kappa shape index (κ1) is 20.1. The van der Waals surface area contributed by atoms with Crippen molar-refractivity contribution in [3.63, 3.8) is 0 Å². The van der Waals surface area contributed by atoms with Gasteiger partial charge in [-0.25, -0.2) is 4.79 Å². The Morgan fingerprint density at radius 3 is 2.48 bits per heavy atom. The predicted molar refractivity (Wildman–Crippen MR) is 111 cm³/mol. The molecule has 0 aliphatic carbocycles. The van der Waals surface area contributed by atoms with Crippen molar-refractivity contribution in [1.29, 1.82) is 0 Å². The first-order valence-electron chi connectivity index (χ1n) is 9.21. The molecule has 6 nitrogen and oxygen atoms in total. The number of fused-ring (bicyclic) bond motifs is 1. The van der Waals surface area contributed by atoms with Crippen molar-refractivity contribution in [2.24, 2.45) is 0 Å². The fourth-order valence-corrected chi connectivity index (χ4v) is 2.90. The van der Waals surface area contributed by atoms with Gasteiger partial charge >= 0.3 is 5.97 Å². The number of Topliss-reactive ketones (excluding diaryl/α,β-unsaturated/α-hetero) is 1. The Morgan fingerprint density at radius 1 is 1.07 bits per heavy atom. The summed E-state index contributed by atoms with van der Waals surface area (Å²) in [6.07, 6.45) is 1.49. The standard InChI is InChI=1S/C23H21NO5/c1-3-28-23(27)20(15(2)25)12-16-8-10-18(11-9-16)29-14-17-13-22(26)24-21-7-5-4-6-19(17)21/h4-13H,3,14H2,1-2H3,(H,24,26)/b20-12+. The van der Waals surface area contributed by atoms with Crippen molar-refractivity contribution in [1.82, 2.24) is 4.98 Å². The number of pyridine rings is 1. The van der Waals surface area contributed by atoms with Crippen LogP contribution < -0.4 is 10.3 Å². The number of hydrogen-bond donors (Lipinski definition) is 1. The first-order valence-corrected chi connectivity index (χ1v) is 9.21. The molecule has 0 aliphatic rings. The molecule has 0 radical (unpaired) electrons. The van der Waals surface area contributed by atoms with Crippen LogP contribution in [-0.2, 0) is 20.9 Å². The summed E-state index contributed by atoms with van der Waals surface area (Å²) in [7, 11) is 0. The average Bonchev–Trinajstić information content (AvgIpc) is 2.70. The molecule has 0 saturated carbocycles. The van der Waals surface area contributed by atoms with Gasteiger partial charge in [0.2, 0.25) is 5.56 Å². The maximum absolute atomic E-state index is 11.9. The Kier molecular flexibility index (Phi) is 6.24. The van der Waals surface area contributed by atoms with Crippen LogP contribution in [0.1, 0.15) is 25.0 Å². The molecule has 0 spiro atoms. The Balaban J connectivity index is 1.76. The molecule has 1 N–H and O–H groups in total. The van der Waals surface area contributed by atoms with Crippen LogP contribution in [0.15, 0.2) is 65.0 Å². The number of H-pyrrole nitrogens is 1. The molecule has 0 fully saturated rings. The summed E-state index contributed by atoms with van der Waals surface area (Å²) in [5, 5.41) is 0.923. The molecule has 0 unspecified atom stereocenters. The summed E-state index contributed by atoms with van der Waals surface area (Å²) in [5.74, 6) is -0.390. The number of aromatic nitrogens is 1. The van der Waals surface area contributed by atoms with Crippen LogP contribution in [0.5, 0.6) is 5.75 Å². The van der Waals surface area contributed by atoms with Crippen molar-refractivity contribution in [3.05, 3.63) is 81.7 Å². The maximum Gasteiger partial charge on any atom is 0.341 e. The number of carbonyl (C=O) groups excluding carboxylic acids is 2. The van der Waals surface area contributed by atoms with Crippen molar-refractivity contribution in [2.45, 2.75) is 20.5 Å². The number of hydrogen-bond acceptors (Lipinski definition) is 5. The van der Waals surface area contributed by atoms with E-state index in [1.54, 1.807) is 31.2 Å². The molecular weight excluding hydrogens is 370 g/mol. The summed E-state index contributed by atoms with van der Waals surface area (Å²) >= 11 is 0. The number of carbonyl (C=O) groups is 2. The summed E-state index contributed by atoms with van der Waals surface area (Å²) < 4.78 is 10.7. The zero-order chi connectivity index (χ0) is 20.8. The summed E-state index contributed by atoms with van der Waals surface area (Å²) in [4.78, 5) is 38.2. The second kappa shape index (κ2) is 9.01. The van der Waals surface area contributed by atoms with Gasteiger partial charge in [0.05, 0.1) is 6.61 Å². The normalized spacial score (nSPS) is 11.3. The van der Waals surface area contributed by atoms with Gasteiger partial charge in [-0.3, -0.25) is 9.59 Å². The fraction of sp³-hybridized carbons (Fsp3) is 0.174. The van der Waals surface area contributed by atoms with E-state index in [4.69, 9.17) is 9.47 Å². The lowest BCUT2D eigenvalue weighted by atomic mass is 10.1. The lowest BCUT2D eigenvalue weighted by molar-refractivity contribution is -0.139. The molecule has 148 valence electrons. The van der Waals surface area contributed by atoms with E-state index in [1.807, 2.05) is 24.3 Å². The molecule has 6 heteroatoms. The molecule has 1 aromatic heterocycles. The molecule has 0 amide bonds. The van der Waals surface area contributed by atoms with Crippen LogP contribution in [0, 0.1) is 0 Å². The Hall–Kier alpha value is -3.67. The fourth-order valence-electron chi connectivity index (χ4n) is 2.90. The number of esters is 1. The number of ketones is 1. The van der Waals surface area contributed by atoms with Gasteiger partial charge in [0, 0.05) is 22.5 Å². The van der Waals surface area contributed by atoms with E-state index in [0.29, 0.717) is 11.3 Å². The van der Waals surface area contributed by atoms with Crippen LogP contribution in [0.3, 0.4) is 0 Å². The smallest absolute Gasteiger partial charge is 0.341 e. The molecule has 0 aliphatic heterocycles. The highest BCUT2D eigenvalue weighted by Crippen LogP contribution is 2.19. The van der Waals surface area contributed by atoms with Crippen LogP contribution in [0.25, 0.3) is 17.0 Å². The maximum atomic E-state index is 11.9. The third-order valence-electron chi connectivity index (χ3n) is 4.30. The third-order valence-corrected chi connectivity index (χ3v) is 4.30. The van der Waals surface area contributed by atoms with Gasteiger partial charge in [-0.1, -0.05) is 30.3 Å². The van der Waals surface area contributed by atoms with Crippen molar-refractivity contribution in [3.8, 4) is 5.75 Å². The summed E-state index contributed by atoms with van der Waals surface area (Å²) in [6.45, 7) is 3.45. The van der Waals surface area contributed by atoms with Crippen molar-refractivity contribution in [2.75, 3.05) is 6.61 Å². The van der Waals surface area contributed by atoms with Crippen LogP contribution in [0.2, 0.25) is 0 Å². The topological polar surface area (TPSA) is 85.5 Å². The average molecular weight is 391 g/mol. The third kappa shape index (κ3) is 4.99. The Labute approximate surface area is 167 Å². The van der Waals surface area contributed by atoms with Crippen LogP contribution >= 0.6 is 0 Å². The van der Waals surface area contributed by atoms with Gasteiger partial charge in [-0.05, 0) is 43.7 Å². The quantitative estimate of drug-likeness (QED) is 0.288. The van der Waals surface area contributed by atoms with Crippen LogP contribution in [0.4, 0.5) is 0 Å². The lowest BCUT2D eigenvalue weighted by Crippen LogP contribution is -2.13. The highest BCUT2D eigenvalue weighted by atomic mass is 16.5. The number of rotatable bonds is 7. The molecule has 3 aromatic rings. The highest BCUT2D eigenvalue weighted by Gasteiger charge is 2.15. The van der Waals surface area contributed by atoms with E-state index in [-0.39, 0.29) is 30.1 Å². The second-order valence-electron chi connectivity index (χ2n) is 6.40. The van der Waals surface area contributed by atoms with Gasteiger partial charge in [-0.2, -0.15) is 0 Å². The minimum absolute atomic E-state index is 0.00417. The molecule has 1 heterocycles. The van der Waals surface area contributed by atoms with Gasteiger partial charge in [0.1, 0.15) is 17.9 Å². The SMILES string of the molecule is CCOC(=O)/C(=C/c1ccc(OCc2cc(=O)[nH]c3ccccc23)cc1)C(C)=O. The lowest BCUT2D eigenvalue weighted by Gasteiger charge is -2.09. The molecule has 0 atom stereocenters. The Morgan fingerprint density at radius 2 is 1.79 bits per heavy atom. The second-order valence-corrected chi connectivity index (χ2v) is 6.40. The van der Waals surface area contributed by atoms with E-state index in [0.717, 1.165) is 16.5 Å². The zero-order valence-corrected chi connectivity index (χ0v) is 16.2. The summed E-state index contributed by atoms with van der Waals surface area (Å²) in [5.41, 5.74) is 2.04. The largest absolute Gasteiger partial charge is 0.489 e. The molecule has 3 rings (SSSR count). The number of benzene rings is 2. The van der Waals surface area contributed by atoms with Gasteiger partial charge in [0.25, 0.3) is 0 Å². The van der Waals surface area contributed by atoms with Gasteiger partial charge in [0.15, 0.2) is 5.78 Å². The minimum atomic E-state index is -0.637. The minimum Gasteiger partial charge on any atom is -0.489 e. The zero-order valence-electron chi connectivity index (χ0n) is 16.2. The van der Waals surface area contributed by atoms with E-state index < -0.39 is 5.97 Å². The van der Waals surface area contributed by atoms with Gasteiger partial charge < -0.3 is 14.5 Å². The number of ether oxygens (including phenoxy) is 2. The summed E-state index contributed by atoms with van der Waals surface area (Å²) in [6, 6.07) is 16.0. The molecule has 29 heavy (non-hydrogen) atoms. The van der Waals surface area contributed by atoms with E-state index >= 15 is 0 Å². The highest BCUT2D eigenvalue weighted by molar-refractivity contribution is 6.19. The van der Waals surface area contributed by atoms with E-state index in [2.05, 4.69) is 4.98 Å². The van der Waals surface area contributed by atoms with Crippen molar-refractivity contribution < 1.29 is 19.1 Å². The molecule has 2 aromatic carbocycles. The predicted octanol–water partition coefficient (Wildman–Crippen LogP) is 3.64. The van der Waals surface area contributed by atoms with Gasteiger partial charge in [-0.15, -0.1) is 0 Å². The number of nitrogens with one attached hydrogen (secondary N) is 1. The molecule has 0 saturated heterocycles. The van der Waals surface area contributed by atoms with E-state index in [1.165, 1.54) is 19.1 Å². The number of para-hydroxylation sites is 1.